The minimum absolute atomic E-state index is 0.142. The number of benzene rings is 1. The van der Waals surface area contributed by atoms with Gasteiger partial charge in [-0.3, -0.25) is 9.59 Å². The zero-order valence-corrected chi connectivity index (χ0v) is 12.5. The van der Waals surface area contributed by atoms with E-state index in [1.807, 2.05) is 0 Å². The van der Waals surface area contributed by atoms with Crippen LogP contribution in [0.3, 0.4) is 0 Å². The Labute approximate surface area is 132 Å². The molecule has 0 aromatic heterocycles. The largest absolute Gasteiger partial charge is 0.454 e. The standard InChI is InChI=1S/C15H15ClN2O4/c16-11-5-9(6-12-14(11)22-8-21-12)1-2-13(19)18-4-3-10(7-18)15(17)20/h1-2,5-6,10H,3-4,7-8H2,(H2,17,20)/b2-1+/t10-/m1/s1. The van der Waals surface area contributed by atoms with Crippen molar-refractivity contribution in [3.05, 3.63) is 28.8 Å². The summed E-state index contributed by atoms with van der Waals surface area (Å²) in [6, 6.07) is 3.46. The number of fused-ring (bicyclic) bond motifs is 1. The molecule has 1 saturated heterocycles. The van der Waals surface area contributed by atoms with Crippen LogP contribution in [-0.4, -0.2) is 36.6 Å². The zero-order chi connectivity index (χ0) is 15.7. The molecule has 1 fully saturated rings. The van der Waals surface area contributed by atoms with E-state index in [0.717, 1.165) is 5.56 Å². The third-order valence-corrected chi connectivity index (χ3v) is 4.05. The normalized spacial score (nSPS) is 19.9. The van der Waals surface area contributed by atoms with Crippen LogP contribution in [0.4, 0.5) is 0 Å². The van der Waals surface area contributed by atoms with Crippen LogP contribution in [0, 0.1) is 5.92 Å². The maximum Gasteiger partial charge on any atom is 0.246 e. The minimum Gasteiger partial charge on any atom is -0.454 e. The highest BCUT2D eigenvalue weighted by atomic mass is 35.5. The number of rotatable bonds is 3. The lowest BCUT2D eigenvalue weighted by molar-refractivity contribution is -0.125. The molecule has 1 atom stereocenters. The van der Waals surface area contributed by atoms with E-state index >= 15 is 0 Å². The van der Waals surface area contributed by atoms with E-state index in [1.165, 1.54) is 6.08 Å². The molecule has 0 bridgehead atoms. The van der Waals surface area contributed by atoms with Crippen LogP contribution >= 0.6 is 11.6 Å². The van der Waals surface area contributed by atoms with E-state index in [-0.39, 0.29) is 24.5 Å². The molecule has 2 amide bonds. The van der Waals surface area contributed by atoms with Gasteiger partial charge < -0.3 is 20.1 Å². The van der Waals surface area contributed by atoms with Gasteiger partial charge in [0.05, 0.1) is 10.9 Å². The molecule has 0 aliphatic carbocycles. The third-order valence-electron chi connectivity index (χ3n) is 3.77. The fraction of sp³-hybridized carbons (Fsp3) is 0.333. The van der Waals surface area contributed by atoms with Gasteiger partial charge in [0.2, 0.25) is 18.6 Å². The molecular weight excluding hydrogens is 308 g/mol. The van der Waals surface area contributed by atoms with Gasteiger partial charge in [-0.1, -0.05) is 11.6 Å². The van der Waals surface area contributed by atoms with E-state index in [2.05, 4.69) is 0 Å². The highest BCUT2D eigenvalue weighted by Gasteiger charge is 2.28. The Morgan fingerprint density at radius 1 is 1.36 bits per heavy atom. The summed E-state index contributed by atoms with van der Waals surface area (Å²) in [7, 11) is 0. The lowest BCUT2D eigenvalue weighted by Gasteiger charge is -2.13. The monoisotopic (exact) mass is 322 g/mol. The van der Waals surface area contributed by atoms with E-state index < -0.39 is 0 Å². The highest BCUT2D eigenvalue weighted by molar-refractivity contribution is 6.32. The summed E-state index contributed by atoms with van der Waals surface area (Å²) in [6.45, 7) is 1.06. The fourth-order valence-electron chi connectivity index (χ4n) is 2.55. The van der Waals surface area contributed by atoms with Crippen molar-refractivity contribution >= 4 is 29.5 Å². The molecule has 0 saturated carbocycles. The summed E-state index contributed by atoms with van der Waals surface area (Å²) >= 11 is 6.09. The van der Waals surface area contributed by atoms with Gasteiger partial charge in [0.1, 0.15) is 0 Å². The first-order valence-electron chi connectivity index (χ1n) is 6.90. The topological polar surface area (TPSA) is 81.9 Å². The Hall–Kier alpha value is -2.21. The average Bonchev–Trinajstić information content (AvgIpc) is 3.13. The van der Waals surface area contributed by atoms with Gasteiger partial charge >= 0.3 is 0 Å². The number of halogens is 1. The van der Waals surface area contributed by atoms with Crippen LogP contribution in [-0.2, 0) is 9.59 Å². The van der Waals surface area contributed by atoms with Crippen molar-refractivity contribution in [2.24, 2.45) is 11.7 Å². The molecule has 3 rings (SSSR count). The second-order valence-corrected chi connectivity index (χ2v) is 5.65. The molecule has 1 aromatic carbocycles. The van der Waals surface area contributed by atoms with Crippen molar-refractivity contribution < 1.29 is 19.1 Å². The van der Waals surface area contributed by atoms with Crippen LogP contribution in [0.2, 0.25) is 5.02 Å². The predicted octanol–water partition coefficient (Wildman–Crippen LogP) is 1.42. The molecular formula is C15H15ClN2O4. The Kier molecular flexibility index (Phi) is 3.94. The maximum absolute atomic E-state index is 12.1. The van der Waals surface area contributed by atoms with Gasteiger partial charge in [-0.2, -0.15) is 0 Å². The molecule has 0 spiro atoms. The number of hydrogen-bond acceptors (Lipinski definition) is 4. The first-order valence-corrected chi connectivity index (χ1v) is 7.28. The number of carbonyl (C=O) groups is 2. The molecule has 2 aliphatic rings. The zero-order valence-electron chi connectivity index (χ0n) is 11.8. The lowest BCUT2D eigenvalue weighted by atomic mass is 10.1. The molecule has 2 heterocycles. The fourth-order valence-corrected chi connectivity index (χ4v) is 2.82. The SMILES string of the molecule is NC(=O)[C@@H]1CCN(C(=O)/C=C/c2cc(Cl)c3c(c2)OCO3)C1. The molecule has 6 nitrogen and oxygen atoms in total. The lowest BCUT2D eigenvalue weighted by Crippen LogP contribution is -2.30. The molecule has 116 valence electrons. The van der Waals surface area contributed by atoms with Crippen molar-refractivity contribution in [3.63, 3.8) is 0 Å². The summed E-state index contributed by atoms with van der Waals surface area (Å²) < 4.78 is 10.5. The van der Waals surface area contributed by atoms with E-state index in [1.54, 1.807) is 23.1 Å². The summed E-state index contributed by atoms with van der Waals surface area (Å²) in [6.07, 6.45) is 3.73. The van der Waals surface area contributed by atoms with Crippen LogP contribution in [0.15, 0.2) is 18.2 Å². The summed E-state index contributed by atoms with van der Waals surface area (Å²) in [4.78, 5) is 24.8. The van der Waals surface area contributed by atoms with Crippen LogP contribution in [0.25, 0.3) is 6.08 Å². The van der Waals surface area contributed by atoms with Gasteiger partial charge in [-0.05, 0) is 30.2 Å². The molecule has 0 unspecified atom stereocenters. The molecule has 2 aliphatic heterocycles. The number of nitrogens with zero attached hydrogens (tertiary/aromatic N) is 1. The maximum atomic E-state index is 12.1. The second-order valence-electron chi connectivity index (χ2n) is 5.24. The third kappa shape index (κ3) is 2.87. The van der Waals surface area contributed by atoms with Crippen LogP contribution in [0.5, 0.6) is 11.5 Å². The molecule has 22 heavy (non-hydrogen) atoms. The van der Waals surface area contributed by atoms with Crippen molar-refractivity contribution in [1.29, 1.82) is 0 Å². The van der Waals surface area contributed by atoms with E-state index in [4.69, 9.17) is 26.8 Å². The van der Waals surface area contributed by atoms with Gasteiger partial charge in [-0.15, -0.1) is 0 Å². The van der Waals surface area contributed by atoms with E-state index in [0.29, 0.717) is 36.0 Å². The highest BCUT2D eigenvalue weighted by Crippen LogP contribution is 2.40. The van der Waals surface area contributed by atoms with Crippen molar-refractivity contribution in [1.82, 2.24) is 4.90 Å². The van der Waals surface area contributed by atoms with Crippen molar-refractivity contribution in [2.75, 3.05) is 19.9 Å². The predicted molar refractivity (Wildman–Crippen MR) is 80.5 cm³/mol. The van der Waals surface area contributed by atoms with Crippen LogP contribution < -0.4 is 15.2 Å². The Balaban J connectivity index is 1.68. The number of likely N-dealkylation sites (tertiary alicyclic amines) is 1. The summed E-state index contributed by atoms with van der Waals surface area (Å²) in [5.74, 6) is 0.320. The number of primary amides is 1. The molecule has 0 radical (unpaired) electrons. The van der Waals surface area contributed by atoms with E-state index in [9.17, 15) is 9.59 Å². The number of hydrogen-bond donors (Lipinski definition) is 1. The smallest absolute Gasteiger partial charge is 0.246 e. The summed E-state index contributed by atoms with van der Waals surface area (Å²) in [5.41, 5.74) is 6.00. The van der Waals surface area contributed by atoms with Gasteiger partial charge in [-0.25, -0.2) is 0 Å². The molecule has 7 heteroatoms. The first-order chi connectivity index (χ1) is 10.5. The number of ether oxygens (including phenoxy) is 2. The second kappa shape index (κ2) is 5.88. The van der Waals surface area contributed by atoms with Gasteiger partial charge in [0.25, 0.3) is 0 Å². The number of amides is 2. The Bertz CT molecular complexity index is 659. The molecule has 1 aromatic rings. The van der Waals surface area contributed by atoms with Gasteiger partial charge in [0, 0.05) is 19.2 Å². The van der Waals surface area contributed by atoms with Gasteiger partial charge in [0.15, 0.2) is 11.5 Å². The number of carbonyl (C=O) groups excluding carboxylic acids is 2. The molecule has 2 N–H and O–H groups in total. The minimum atomic E-state index is -0.359. The first kappa shape index (κ1) is 14.7. The quantitative estimate of drug-likeness (QED) is 0.853. The summed E-state index contributed by atoms with van der Waals surface area (Å²) in [5, 5.41) is 0.442. The van der Waals surface area contributed by atoms with Crippen molar-refractivity contribution in [3.8, 4) is 11.5 Å². The Morgan fingerprint density at radius 3 is 2.91 bits per heavy atom. The Morgan fingerprint density at radius 2 is 2.18 bits per heavy atom. The average molecular weight is 323 g/mol. The number of nitrogens with two attached hydrogens (primary N) is 1. The van der Waals surface area contributed by atoms with Crippen LogP contribution in [0.1, 0.15) is 12.0 Å². The van der Waals surface area contributed by atoms with Crippen molar-refractivity contribution in [2.45, 2.75) is 6.42 Å².